The molecule has 0 aromatic heterocycles. The van der Waals surface area contributed by atoms with E-state index in [1.807, 2.05) is 0 Å². The van der Waals surface area contributed by atoms with Gasteiger partial charge in [-0.15, -0.1) is 0 Å². The lowest BCUT2D eigenvalue weighted by molar-refractivity contribution is 0.174. The molecule has 0 spiro atoms. The Hall–Kier alpha value is -1.83. The minimum Gasteiger partial charge on any atom is -0.395 e. The minimum atomic E-state index is 0.707. The second kappa shape index (κ2) is 3.39. The van der Waals surface area contributed by atoms with Crippen LogP contribution in [0.5, 0.6) is 0 Å². The molecule has 2 nitrogen and oxygen atoms in total. The normalized spacial score (nSPS) is 15.1. The molecule has 0 bridgehead atoms. The van der Waals surface area contributed by atoms with Crippen molar-refractivity contribution in [1.29, 1.82) is 0 Å². The average Bonchev–Trinajstić information content (AvgIpc) is 2.82. The van der Waals surface area contributed by atoms with Crippen LogP contribution < -0.4 is 0 Å². The molecule has 3 rings (SSSR count). The van der Waals surface area contributed by atoms with Gasteiger partial charge in [-0.1, -0.05) is 47.6 Å². The van der Waals surface area contributed by atoms with E-state index in [0.29, 0.717) is 6.61 Å². The molecule has 0 saturated heterocycles. The second-order valence-corrected chi connectivity index (χ2v) is 3.65. The largest absolute Gasteiger partial charge is 0.395 e. The summed E-state index contributed by atoms with van der Waals surface area (Å²) in [6.45, 7) is 0.707. The van der Waals surface area contributed by atoms with Crippen molar-refractivity contribution in [2.45, 2.75) is 6.42 Å². The highest BCUT2D eigenvalue weighted by Crippen LogP contribution is 2.21. The maximum atomic E-state index is 5.05. The summed E-state index contributed by atoms with van der Waals surface area (Å²) in [4.78, 5) is 5.05. The van der Waals surface area contributed by atoms with Crippen molar-refractivity contribution < 1.29 is 4.84 Å². The van der Waals surface area contributed by atoms with Gasteiger partial charge in [-0.3, -0.25) is 0 Å². The third kappa shape index (κ3) is 1.38. The fourth-order valence-electron chi connectivity index (χ4n) is 1.97. The highest BCUT2D eigenvalue weighted by atomic mass is 16.6. The van der Waals surface area contributed by atoms with E-state index in [0.717, 1.165) is 12.1 Å². The molecule has 1 heterocycles. The number of nitrogens with zero attached hydrogens (tertiary/aromatic N) is 1. The van der Waals surface area contributed by atoms with Gasteiger partial charge in [-0.05, 0) is 10.8 Å². The summed E-state index contributed by atoms with van der Waals surface area (Å²) in [5.41, 5.74) is 2.26. The lowest BCUT2D eigenvalue weighted by atomic mass is 10.00. The van der Waals surface area contributed by atoms with Crippen molar-refractivity contribution >= 4 is 16.5 Å². The van der Waals surface area contributed by atoms with E-state index in [1.165, 1.54) is 16.3 Å². The highest BCUT2D eigenvalue weighted by Gasteiger charge is 2.12. The molecule has 0 N–H and O–H groups in total. The van der Waals surface area contributed by atoms with Gasteiger partial charge < -0.3 is 4.84 Å². The lowest BCUT2D eigenvalue weighted by Crippen LogP contribution is -1.97. The Kier molecular flexibility index (Phi) is 1.91. The number of hydrogen-bond acceptors (Lipinski definition) is 2. The van der Waals surface area contributed by atoms with Crippen LogP contribution in [0.3, 0.4) is 0 Å². The average molecular weight is 197 g/mol. The van der Waals surface area contributed by atoms with E-state index < -0.39 is 0 Å². The molecular formula is C13H11NO. The minimum absolute atomic E-state index is 0.707. The predicted molar refractivity (Wildman–Crippen MR) is 61.1 cm³/mol. The molecule has 0 fully saturated rings. The number of benzene rings is 2. The molecule has 0 amide bonds. The van der Waals surface area contributed by atoms with Crippen LogP contribution in [0.4, 0.5) is 0 Å². The molecular weight excluding hydrogens is 186 g/mol. The standard InChI is InChI=1S/C13H11NO/c1-2-6-11-10(4-1)5-3-7-12(11)13-8-9-15-14-13/h1-7H,8-9H2. The van der Waals surface area contributed by atoms with Crippen LogP contribution in [0.1, 0.15) is 12.0 Å². The van der Waals surface area contributed by atoms with E-state index in [-0.39, 0.29) is 0 Å². The third-order valence-corrected chi connectivity index (χ3v) is 2.71. The molecule has 0 atom stereocenters. The van der Waals surface area contributed by atoms with Gasteiger partial charge in [0.1, 0.15) is 6.61 Å². The molecule has 1 aliphatic heterocycles. The molecule has 0 unspecified atom stereocenters. The third-order valence-electron chi connectivity index (χ3n) is 2.71. The Morgan fingerprint density at radius 3 is 2.73 bits per heavy atom. The van der Waals surface area contributed by atoms with Gasteiger partial charge in [0, 0.05) is 12.0 Å². The SMILES string of the molecule is c1ccc2c(C3=NOCC3)cccc2c1. The zero-order valence-corrected chi connectivity index (χ0v) is 8.31. The monoisotopic (exact) mass is 197 g/mol. The Balaban J connectivity index is 2.26. The first-order valence-corrected chi connectivity index (χ1v) is 5.12. The molecule has 0 aliphatic carbocycles. The van der Waals surface area contributed by atoms with Gasteiger partial charge >= 0.3 is 0 Å². The fraction of sp³-hybridized carbons (Fsp3) is 0.154. The van der Waals surface area contributed by atoms with Crippen LogP contribution in [-0.4, -0.2) is 12.3 Å². The van der Waals surface area contributed by atoms with Crippen molar-refractivity contribution in [2.75, 3.05) is 6.61 Å². The first-order chi connectivity index (χ1) is 7.45. The Bertz CT molecular complexity index is 526. The fourth-order valence-corrected chi connectivity index (χ4v) is 1.97. The predicted octanol–water partition coefficient (Wildman–Crippen LogP) is 2.96. The molecule has 1 aliphatic rings. The number of oxime groups is 1. The Morgan fingerprint density at radius 2 is 1.87 bits per heavy atom. The zero-order valence-electron chi connectivity index (χ0n) is 8.31. The van der Waals surface area contributed by atoms with E-state index in [9.17, 15) is 0 Å². The van der Waals surface area contributed by atoms with Crippen LogP contribution in [0.2, 0.25) is 0 Å². The highest BCUT2D eigenvalue weighted by molar-refractivity contribution is 6.11. The maximum absolute atomic E-state index is 5.05. The summed E-state index contributed by atoms with van der Waals surface area (Å²) in [6.07, 6.45) is 0.911. The Morgan fingerprint density at radius 1 is 1.00 bits per heavy atom. The zero-order chi connectivity index (χ0) is 10.1. The molecule has 0 saturated carbocycles. The van der Waals surface area contributed by atoms with Gasteiger partial charge in [-0.25, -0.2) is 0 Å². The van der Waals surface area contributed by atoms with Crippen LogP contribution in [0.25, 0.3) is 10.8 Å². The van der Waals surface area contributed by atoms with Crippen molar-refractivity contribution in [1.82, 2.24) is 0 Å². The van der Waals surface area contributed by atoms with E-state index in [2.05, 4.69) is 47.6 Å². The smallest absolute Gasteiger partial charge is 0.122 e. The van der Waals surface area contributed by atoms with Gasteiger partial charge in [0.2, 0.25) is 0 Å². The first-order valence-electron chi connectivity index (χ1n) is 5.12. The maximum Gasteiger partial charge on any atom is 0.122 e. The molecule has 0 radical (unpaired) electrons. The Labute approximate surface area is 88.2 Å². The quantitative estimate of drug-likeness (QED) is 0.688. The summed E-state index contributed by atoms with van der Waals surface area (Å²) in [5, 5.41) is 6.58. The molecule has 2 aromatic rings. The van der Waals surface area contributed by atoms with Gasteiger partial charge in [0.05, 0.1) is 5.71 Å². The number of hydrogen-bond donors (Lipinski definition) is 0. The summed E-state index contributed by atoms with van der Waals surface area (Å²) in [7, 11) is 0. The summed E-state index contributed by atoms with van der Waals surface area (Å²) < 4.78 is 0. The second-order valence-electron chi connectivity index (χ2n) is 3.65. The van der Waals surface area contributed by atoms with Gasteiger partial charge in [-0.2, -0.15) is 0 Å². The topological polar surface area (TPSA) is 21.6 Å². The van der Waals surface area contributed by atoms with Gasteiger partial charge in [0.25, 0.3) is 0 Å². The first kappa shape index (κ1) is 8.48. The number of rotatable bonds is 1. The molecule has 2 aromatic carbocycles. The lowest BCUT2D eigenvalue weighted by Gasteiger charge is -2.04. The summed E-state index contributed by atoms with van der Waals surface area (Å²) in [5.74, 6) is 0. The van der Waals surface area contributed by atoms with E-state index >= 15 is 0 Å². The van der Waals surface area contributed by atoms with Crippen LogP contribution >= 0.6 is 0 Å². The number of fused-ring (bicyclic) bond motifs is 1. The van der Waals surface area contributed by atoms with Crippen molar-refractivity contribution in [2.24, 2.45) is 5.16 Å². The van der Waals surface area contributed by atoms with E-state index in [4.69, 9.17) is 4.84 Å². The molecule has 15 heavy (non-hydrogen) atoms. The van der Waals surface area contributed by atoms with E-state index in [1.54, 1.807) is 0 Å². The van der Waals surface area contributed by atoms with Crippen molar-refractivity contribution in [3.63, 3.8) is 0 Å². The van der Waals surface area contributed by atoms with Crippen LogP contribution in [-0.2, 0) is 4.84 Å². The molecule has 2 heteroatoms. The molecule has 74 valence electrons. The van der Waals surface area contributed by atoms with Gasteiger partial charge in [0.15, 0.2) is 0 Å². The van der Waals surface area contributed by atoms with Crippen molar-refractivity contribution in [3.05, 3.63) is 48.0 Å². The summed E-state index contributed by atoms with van der Waals surface area (Å²) in [6, 6.07) is 14.7. The summed E-state index contributed by atoms with van der Waals surface area (Å²) >= 11 is 0. The van der Waals surface area contributed by atoms with Crippen LogP contribution in [0, 0.1) is 0 Å². The van der Waals surface area contributed by atoms with Crippen molar-refractivity contribution in [3.8, 4) is 0 Å². The van der Waals surface area contributed by atoms with Crippen LogP contribution in [0.15, 0.2) is 47.6 Å².